The topological polar surface area (TPSA) is 42.0 Å². The van der Waals surface area contributed by atoms with Gasteiger partial charge in [-0.1, -0.05) is 18.2 Å². The van der Waals surface area contributed by atoms with E-state index in [1.54, 1.807) is 13.0 Å². The second-order valence-electron chi connectivity index (χ2n) is 3.92. The van der Waals surface area contributed by atoms with Gasteiger partial charge in [0.1, 0.15) is 0 Å². The molecular weight excluding hydrogens is 257 g/mol. The fourth-order valence-corrected chi connectivity index (χ4v) is 1.87. The maximum absolute atomic E-state index is 13.2. The van der Waals surface area contributed by atoms with Crippen LogP contribution in [0.4, 0.5) is 13.2 Å². The number of amides is 1. The van der Waals surface area contributed by atoms with E-state index in [-0.39, 0.29) is 17.4 Å². The third-order valence-electron chi connectivity index (χ3n) is 2.64. The highest BCUT2D eigenvalue weighted by molar-refractivity contribution is 6.00. The number of nitrogens with one attached hydrogen (secondary N) is 1. The second-order valence-corrected chi connectivity index (χ2v) is 3.92. The average Bonchev–Trinajstić information content (AvgIpc) is 2.36. The fraction of sp³-hybridized carbons (Fsp3) is 0.231. The largest absolute Gasteiger partial charge is 0.417 e. The van der Waals surface area contributed by atoms with Crippen molar-refractivity contribution in [1.82, 2.24) is 10.3 Å². The second kappa shape index (κ2) is 4.87. The Bertz CT molecular complexity index is 623. The number of fused-ring (bicyclic) bond motifs is 1. The summed E-state index contributed by atoms with van der Waals surface area (Å²) < 4.78 is 39.5. The monoisotopic (exact) mass is 268 g/mol. The molecule has 19 heavy (non-hydrogen) atoms. The molecule has 0 aliphatic heterocycles. The van der Waals surface area contributed by atoms with E-state index >= 15 is 0 Å². The minimum Gasteiger partial charge on any atom is -0.352 e. The third-order valence-corrected chi connectivity index (χ3v) is 2.64. The van der Waals surface area contributed by atoms with Gasteiger partial charge in [-0.05, 0) is 13.0 Å². The molecule has 0 saturated carbocycles. The van der Waals surface area contributed by atoms with Crippen LogP contribution in [0.3, 0.4) is 0 Å². The standard InChI is InChI=1S/C13H11F3N2O/c1-2-17-12(19)9-7-18-10-6-4-3-5-8(10)11(9)13(14,15)16/h3-7H,2H2,1H3,(H,17,19). The summed E-state index contributed by atoms with van der Waals surface area (Å²) in [6.07, 6.45) is -3.64. The summed E-state index contributed by atoms with van der Waals surface area (Å²) in [6.45, 7) is 1.89. The highest BCUT2D eigenvalue weighted by atomic mass is 19.4. The molecule has 0 spiro atoms. The molecule has 2 rings (SSSR count). The Kier molecular flexibility index (Phi) is 3.42. The first-order chi connectivity index (χ1) is 8.95. The van der Waals surface area contributed by atoms with E-state index in [1.165, 1.54) is 18.2 Å². The number of pyridine rings is 1. The van der Waals surface area contributed by atoms with Gasteiger partial charge < -0.3 is 5.32 Å². The minimum atomic E-state index is -4.61. The summed E-state index contributed by atoms with van der Waals surface area (Å²) in [6, 6.07) is 5.88. The lowest BCUT2D eigenvalue weighted by Crippen LogP contribution is -2.26. The van der Waals surface area contributed by atoms with Gasteiger partial charge in [-0.15, -0.1) is 0 Å². The molecule has 0 unspecified atom stereocenters. The zero-order valence-corrected chi connectivity index (χ0v) is 10.1. The number of carbonyl (C=O) groups excluding carboxylic acids is 1. The molecule has 0 aliphatic rings. The van der Waals surface area contributed by atoms with E-state index in [4.69, 9.17) is 0 Å². The Morgan fingerprint density at radius 2 is 2.00 bits per heavy atom. The van der Waals surface area contributed by atoms with Crippen molar-refractivity contribution in [1.29, 1.82) is 0 Å². The highest BCUT2D eigenvalue weighted by Crippen LogP contribution is 2.36. The van der Waals surface area contributed by atoms with Gasteiger partial charge in [-0.3, -0.25) is 9.78 Å². The van der Waals surface area contributed by atoms with Gasteiger partial charge in [-0.25, -0.2) is 0 Å². The SMILES string of the molecule is CCNC(=O)c1cnc2ccccc2c1C(F)(F)F. The van der Waals surface area contributed by atoms with Crippen molar-refractivity contribution in [2.24, 2.45) is 0 Å². The van der Waals surface area contributed by atoms with Gasteiger partial charge in [0.15, 0.2) is 0 Å². The highest BCUT2D eigenvalue weighted by Gasteiger charge is 2.37. The maximum Gasteiger partial charge on any atom is 0.417 e. The van der Waals surface area contributed by atoms with Crippen LogP contribution in [0.15, 0.2) is 30.5 Å². The molecule has 2 aromatic rings. The zero-order chi connectivity index (χ0) is 14.0. The normalized spacial score (nSPS) is 11.6. The number of para-hydroxylation sites is 1. The lowest BCUT2D eigenvalue weighted by atomic mass is 10.0. The number of alkyl halides is 3. The Balaban J connectivity index is 2.74. The zero-order valence-electron chi connectivity index (χ0n) is 10.1. The Morgan fingerprint density at radius 1 is 1.32 bits per heavy atom. The van der Waals surface area contributed by atoms with E-state index in [2.05, 4.69) is 10.3 Å². The third kappa shape index (κ3) is 2.52. The quantitative estimate of drug-likeness (QED) is 0.909. The van der Waals surface area contributed by atoms with Gasteiger partial charge in [0.05, 0.1) is 16.6 Å². The summed E-state index contributed by atoms with van der Waals surface area (Å²) in [7, 11) is 0. The van der Waals surface area contributed by atoms with Crippen molar-refractivity contribution in [3.8, 4) is 0 Å². The van der Waals surface area contributed by atoms with Crippen LogP contribution in [-0.2, 0) is 6.18 Å². The first-order valence-electron chi connectivity index (χ1n) is 5.68. The summed E-state index contributed by atoms with van der Waals surface area (Å²) in [5, 5.41) is 2.29. The van der Waals surface area contributed by atoms with Crippen molar-refractivity contribution in [3.05, 3.63) is 41.6 Å². The van der Waals surface area contributed by atoms with Crippen LogP contribution in [0.1, 0.15) is 22.8 Å². The van der Waals surface area contributed by atoms with Crippen molar-refractivity contribution in [3.63, 3.8) is 0 Å². The molecule has 1 aromatic heterocycles. The molecule has 6 heteroatoms. The van der Waals surface area contributed by atoms with E-state index in [9.17, 15) is 18.0 Å². The number of benzene rings is 1. The van der Waals surface area contributed by atoms with E-state index < -0.39 is 23.2 Å². The number of carbonyl (C=O) groups is 1. The molecule has 1 N–H and O–H groups in total. The maximum atomic E-state index is 13.2. The van der Waals surface area contributed by atoms with E-state index in [0.717, 1.165) is 6.20 Å². The molecule has 0 saturated heterocycles. The van der Waals surface area contributed by atoms with Crippen LogP contribution < -0.4 is 5.32 Å². The van der Waals surface area contributed by atoms with Gasteiger partial charge in [0, 0.05) is 18.1 Å². The summed E-state index contributed by atoms with van der Waals surface area (Å²) in [5.41, 5.74) is -1.18. The number of hydrogen-bond donors (Lipinski definition) is 1. The van der Waals surface area contributed by atoms with Crippen molar-refractivity contribution >= 4 is 16.8 Å². The van der Waals surface area contributed by atoms with E-state index in [1.807, 2.05) is 0 Å². The Hall–Kier alpha value is -2.11. The van der Waals surface area contributed by atoms with Crippen LogP contribution in [0.25, 0.3) is 10.9 Å². The predicted octanol–water partition coefficient (Wildman–Crippen LogP) is 3.00. The molecule has 0 bridgehead atoms. The first kappa shape index (κ1) is 13.3. The van der Waals surface area contributed by atoms with Crippen molar-refractivity contribution in [2.45, 2.75) is 13.1 Å². The van der Waals surface area contributed by atoms with Gasteiger partial charge in [0.2, 0.25) is 0 Å². The van der Waals surface area contributed by atoms with Gasteiger partial charge >= 0.3 is 6.18 Å². The number of nitrogens with zero attached hydrogens (tertiary/aromatic N) is 1. The minimum absolute atomic E-state index is 0.0706. The van der Waals surface area contributed by atoms with Crippen LogP contribution in [0, 0.1) is 0 Å². The van der Waals surface area contributed by atoms with Crippen LogP contribution in [0.5, 0.6) is 0 Å². The first-order valence-corrected chi connectivity index (χ1v) is 5.68. The smallest absolute Gasteiger partial charge is 0.352 e. The summed E-state index contributed by atoms with van der Waals surface area (Å²) in [5.74, 6) is -0.770. The van der Waals surface area contributed by atoms with Crippen LogP contribution >= 0.6 is 0 Å². The molecule has 1 amide bonds. The fourth-order valence-electron chi connectivity index (χ4n) is 1.87. The Morgan fingerprint density at radius 3 is 2.63 bits per heavy atom. The number of rotatable bonds is 2. The molecule has 0 atom stereocenters. The molecule has 0 aliphatic carbocycles. The van der Waals surface area contributed by atoms with Crippen LogP contribution in [-0.4, -0.2) is 17.4 Å². The molecular formula is C13H11F3N2O. The van der Waals surface area contributed by atoms with E-state index in [0.29, 0.717) is 0 Å². The Labute approximate surface area is 107 Å². The molecule has 1 aromatic carbocycles. The van der Waals surface area contributed by atoms with Gasteiger partial charge in [0.25, 0.3) is 5.91 Å². The average molecular weight is 268 g/mol. The van der Waals surface area contributed by atoms with Gasteiger partial charge in [-0.2, -0.15) is 13.2 Å². The van der Waals surface area contributed by atoms with Crippen molar-refractivity contribution < 1.29 is 18.0 Å². The lowest BCUT2D eigenvalue weighted by Gasteiger charge is -2.14. The number of halogens is 3. The molecule has 0 radical (unpaired) electrons. The lowest BCUT2D eigenvalue weighted by molar-refractivity contribution is -0.136. The predicted molar refractivity (Wildman–Crippen MR) is 64.8 cm³/mol. The summed E-state index contributed by atoms with van der Waals surface area (Å²) >= 11 is 0. The number of aromatic nitrogens is 1. The molecule has 0 fully saturated rings. The molecule has 100 valence electrons. The number of hydrogen-bond acceptors (Lipinski definition) is 2. The van der Waals surface area contributed by atoms with Crippen molar-refractivity contribution in [2.75, 3.05) is 6.54 Å². The summed E-state index contributed by atoms with van der Waals surface area (Å²) in [4.78, 5) is 15.6. The molecule has 3 nitrogen and oxygen atoms in total. The van der Waals surface area contributed by atoms with Crippen LogP contribution in [0.2, 0.25) is 0 Å². The molecule has 1 heterocycles.